The van der Waals surface area contributed by atoms with Crippen LogP contribution in [0.1, 0.15) is 33.1 Å². The van der Waals surface area contributed by atoms with Gasteiger partial charge in [-0.15, -0.1) is 0 Å². The average Bonchev–Trinajstić information content (AvgIpc) is 2.41. The highest BCUT2D eigenvalue weighted by Crippen LogP contribution is 2.31. The predicted molar refractivity (Wildman–Crippen MR) is 76.5 cm³/mol. The van der Waals surface area contributed by atoms with E-state index < -0.39 is 37.1 Å². The molecule has 0 aliphatic carbocycles. The third kappa shape index (κ3) is 5.16. The summed E-state index contributed by atoms with van der Waals surface area (Å²) in [4.78, 5) is 10.8. The molecular weight excluding hydrogens is 276 g/mol. The van der Waals surface area contributed by atoms with Crippen molar-refractivity contribution < 1.29 is 29.6 Å². The zero-order valence-electron chi connectivity index (χ0n) is 12.7. The molecule has 1 fully saturated rings. The van der Waals surface area contributed by atoms with Crippen LogP contribution in [-0.2, 0) is 14.3 Å². The Morgan fingerprint density at radius 1 is 1.24 bits per heavy atom. The van der Waals surface area contributed by atoms with Gasteiger partial charge in [-0.1, -0.05) is 12.2 Å². The number of hydrogen-bond donors (Lipinski definition) is 3. The maximum Gasteiger partial charge on any atom is 0.167 e. The molecule has 0 spiro atoms. The maximum atomic E-state index is 10.8. The number of ether oxygens (including phenoxy) is 2. The van der Waals surface area contributed by atoms with Crippen molar-refractivity contribution in [2.75, 3.05) is 13.2 Å². The van der Waals surface area contributed by atoms with Crippen molar-refractivity contribution in [3.8, 4) is 0 Å². The molecule has 0 aromatic rings. The summed E-state index contributed by atoms with van der Waals surface area (Å²) in [6.07, 6.45) is -1.95. The molecular formula is C15H26O6. The van der Waals surface area contributed by atoms with Crippen LogP contribution in [0.2, 0.25) is 0 Å². The second-order valence-corrected chi connectivity index (χ2v) is 5.61. The zero-order valence-corrected chi connectivity index (χ0v) is 12.7. The molecule has 0 amide bonds. The van der Waals surface area contributed by atoms with Crippen LogP contribution in [-0.4, -0.2) is 58.9 Å². The molecule has 0 aromatic heterocycles. The molecule has 5 atom stereocenters. The first kappa shape index (κ1) is 18.3. The molecule has 3 unspecified atom stereocenters. The summed E-state index contributed by atoms with van der Waals surface area (Å²) in [7, 11) is 0. The molecule has 1 aliphatic heterocycles. The number of aliphatic hydroxyl groups is 3. The van der Waals surface area contributed by atoms with Gasteiger partial charge in [0.05, 0.1) is 18.6 Å². The van der Waals surface area contributed by atoms with Crippen LogP contribution in [0.15, 0.2) is 12.2 Å². The molecule has 122 valence electrons. The summed E-state index contributed by atoms with van der Waals surface area (Å²) in [5.74, 6) is -0.404. The molecule has 3 N–H and O–H groups in total. The third-order valence-corrected chi connectivity index (χ3v) is 3.66. The second-order valence-electron chi connectivity index (χ2n) is 5.61. The van der Waals surface area contributed by atoms with Gasteiger partial charge in [0.2, 0.25) is 0 Å². The van der Waals surface area contributed by atoms with Crippen LogP contribution in [0.4, 0.5) is 0 Å². The number of carbonyl (C=O) groups excluding carboxylic acids is 1. The molecule has 1 saturated heterocycles. The highest BCUT2D eigenvalue weighted by atomic mass is 16.7. The van der Waals surface area contributed by atoms with Crippen molar-refractivity contribution in [3.05, 3.63) is 12.2 Å². The van der Waals surface area contributed by atoms with Gasteiger partial charge in [0.1, 0.15) is 18.0 Å². The molecule has 1 aliphatic rings. The van der Waals surface area contributed by atoms with E-state index in [0.29, 0.717) is 25.0 Å². The highest BCUT2D eigenvalue weighted by Gasteiger charge is 2.44. The van der Waals surface area contributed by atoms with Crippen LogP contribution < -0.4 is 0 Å². The normalized spacial score (nSPS) is 32.9. The molecule has 1 heterocycles. The number of rotatable bonds is 8. The highest BCUT2D eigenvalue weighted by molar-refractivity contribution is 5.75. The van der Waals surface area contributed by atoms with Crippen molar-refractivity contribution in [3.63, 3.8) is 0 Å². The van der Waals surface area contributed by atoms with Gasteiger partial charge in [0.25, 0.3) is 0 Å². The monoisotopic (exact) mass is 302 g/mol. The van der Waals surface area contributed by atoms with E-state index in [4.69, 9.17) is 9.47 Å². The summed E-state index contributed by atoms with van der Waals surface area (Å²) in [5.41, 5.74) is 0.645. The van der Waals surface area contributed by atoms with E-state index in [2.05, 4.69) is 6.58 Å². The van der Waals surface area contributed by atoms with Gasteiger partial charge in [-0.3, -0.25) is 0 Å². The minimum absolute atomic E-state index is 0.141. The Bertz CT molecular complexity index is 356. The Kier molecular flexibility index (Phi) is 7.48. The Labute approximate surface area is 125 Å². The lowest BCUT2D eigenvalue weighted by atomic mass is 9.86. The van der Waals surface area contributed by atoms with E-state index in [0.717, 1.165) is 6.42 Å². The maximum absolute atomic E-state index is 10.8. The minimum atomic E-state index is -1.17. The van der Waals surface area contributed by atoms with Gasteiger partial charge in [-0.05, 0) is 26.7 Å². The fourth-order valence-corrected chi connectivity index (χ4v) is 2.42. The first-order valence-electron chi connectivity index (χ1n) is 7.27. The zero-order chi connectivity index (χ0) is 16.0. The fraction of sp³-hybridized carbons (Fsp3) is 0.800. The number of ketones is 1. The Hall–Kier alpha value is -0.790. The standard InChI is InChI=1S/C15H26O6/c1-9(2)12-14(19)13(18)11(8-16)21-15(12)20-7-5-4-6-10(3)17/h11-16,18-19H,1,4-8H2,2-3H3/t11?,12?,13-,14?,15-/m1/s1. The quantitative estimate of drug-likeness (QED) is 0.443. The van der Waals surface area contributed by atoms with Crippen LogP contribution >= 0.6 is 0 Å². The Balaban J connectivity index is 2.55. The molecule has 0 aromatic carbocycles. The smallest absolute Gasteiger partial charge is 0.167 e. The van der Waals surface area contributed by atoms with Gasteiger partial charge in [-0.2, -0.15) is 0 Å². The fourth-order valence-electron chi connectivity index (χ4n) is 2.42. The van der Waals surface area contributed by atoms with Crippen molar-refractivity contribution in [1.82, 2.24) is 0 Å². The van der Waals surface area contributed by atoms with Gasteiger partial charge in [0.15, 0.2) is 6.29 Å². The van der Waals surface area contributed by atoms with Gasteiger partial charge < -0.3 is 29.6 Å². The molecule has 0 bridgehead atoms. The van der Waals surface area contributed by atoms with Crippen molar-refractivity contribution in [1.29, 1.82) is 0 Å². The SMILES string of the molecule is C=C(C)C1C(O)[C@H](O)C(CO)O[C@H]1OCCCCC(C)=O. The molecule has 1 rings (SSSR count). The lowest BCUT2D eigenvalue weighted by Gasteiger charge is -2.42. The molecule has 6 heteroatoms. The number of hydrogen-bond acceptors (Lipinski definition) is 6. The number of aliphatic hydroxyl groups excluding tert-OH is 3. The van der Waals surface area contributed by atoms with Crippen molar-refractivity contribution in [2.45, 2.75) is 57.7 Å². The summed E-state index contributed by atoms with van der Waals surface area (Å²) in [6, 6.07) is 0. The van der Waals surface area contributed by atoms with Gasteiger partial charge >= 0.3 is 0 Å². The van der Waals surface area contributed by atoms with Gasteiger partial charge in [-0.25, -0.2) is 0 Å². The van der Waals surface area contributed by atoms with Crippen molar-refractivity contribution in [2.24, 2.45) is 5.92 Å². The Morgan fingerprint density at radius 2 is 1.90 bits per heavy atom. The molecule has 6 nitrogen and oxygen atoms in total. The molecule has 21 heavy (non-hydrogen) atoms. The number of unbranched alkanes of at least 4 members (excludes halogenated alkanes) is 1. The molecule has 0 radical (unpaired) electrons. The van der Waals surface area contributed by atoms with E-state index in [-0.39, 0.29) is 5.78 Å². The van der Waals surface area contributed by atoms with E-state index >= 15 is 0 Å². The largest absolute Gasteiger partial charge is 0.394 e. The summed E-state index contributed by atoms with van der Waals surface area (Å²) in [5, 5.41) is 29.2. The number of Topliss-reactive ketones (excluding diaryl/α,β-unsaturated/α-hetero) is 1. The van der Waals surface area contributed by atoms with Crippen LogP contribution in [0.5, 0.6) is 0 Å². The summed E-state index contributed by atoms with van der Waals surface area (Å²) in [6.45, 7) is 7.05. The van der Waals surface area contributed by atoms with E-state index in [1.54, 1.807) is 13.8 Å². The van der Waals surface area contributed by atoms with E-state index in [1.807, 2.05) is 0 Å². The first-order valence-corrected chi connectivity index (χ1v) is 7.27. The number of carbonyl (C=O) groups is 1. The average molecular weight is 302 g/mol. The van der Waals surface area contributed by atoms with Crippen molar-refractivity contribution >= 4 is 5.78 Å². The lowest BCUT2D eigenvalue weighted by Crippen LogP contribution is -2.56. The lowest BCUT2D eigenvalue weighted by molar-refractivity contribution is -0.278. The minimum Gasteiger partial charge on any atom is -0.394 e. The summed E-state index contributed by atoms with van der Waals surface area (Å²) >= 11 is 0. The van der Waals surface area contributed by atoms with E-state index in [1.165, 1.54) is 0 Å². The molecule has 0 saturated carbocycles. The van der Waals surface area contributed by atoms with Crippen LogP contribution in [0, 0.1) is 5.92 Å². The summed E-state index contributed by atoms with van der Waals surface area (Å²) < 4.78 is 11.1. The van der Waals surface area contributed by atoms with Crippen LogP contribution in [0.3, 0.4) is 0 Å². The third-order valence-electron chi connectivity index (χ3n) is 3.66. The predicted octanol–water partition coefficient (Wildman–Crippen LogP) is 0.394. The topological polar surface area (TPSA) is 96.2 Å². The van der Waals surface area contributed by atoms with E-state index in [9.17, 15) is 20.1 Å². The Morgan fingerprint density at radius 3 is 2.43 bits per heavy atom. The second kappa shape index (κ2) is 8.60. The first-order chi connectivity index (χ1) is 9.88. The van der Waals surface area contributed by atoms with Crippen LogP contribution in [0.25, 0.3) is 0 Å². The van der Waals surface area contributed by atoms with Gasteiger partial charge in [0, 0.05) is 13.0 Å².